The van der Waals surface area contributed by atoms with Crippen LogP contribution in [-0.4, -0.2) is 40.9 Å². The number of hydrogen-bond acceptors (Lipinski definition) is 3. The summed E-state index contributed by atoms with van der Waals surface area (Å²) in [5.41, 5.74) is -0.433. The Bertz CT molecular complexity index is 274. The summed E-state index contributed by atoms with van der Waals surface area (Å²) < 4.78 is 5.25. The van der Waals surface area contributed by atoms with Crippen LogP contribution in [0.3, 0.4) is 0 Å². The molecular formula is C12H21NO3. The lowest BCUT2D eigenvalue weighted by Gasteiger charge is -2.42. The zero-order chi connectivity index (χ0) is 11.9. The van der Waals surface area contributed by atoms with Crippen molar-refractivity contribution in [3.05, 3.63) is 0 Å². The lowest BCUT2D eigenvalue weighted by molar-refractivity contribution is -0.0360. The maximum atomic E-state index is 11.6. The Morgan fingerprint density at radius 2 is 1.88 bits per heavy atom. The summed E-state index contributed by atoms with van der Waals surface area (Å²) >= 11 is 0. The van der Waals surface area contributed by atoms with E-state index in [1.54, 1.807) is 4.90 Å². The van der Waals surface area contributed by atoms with Gasteiger partial charge in [0, 0.05) is 19.0 Å². The van der Waals surface area contributed by atoms with Crippen molar-refractivity contribution in [2.24, 2.45) is 11.8 Å². The van der Waals surface area contributed by atoms with Crippen LogP contribution in [-0.2, 0) is 4.74 Å². The zero-order valence-electron chi connectivity index (χ0n) is 10.3. The van der Waals surface area contributed by atoms with Gasteiger partial charge in [-0.15, -0.1) is 0 Å². The number of likely N-dealkylation sites (tertiary alicyclic amines) is 1. The first-order chi connectivity index (χ1) is 7.37. The molecule has 1 amide bonds. The van der Waals surface area contributed by atoms with Gasteiger partial charge in [-0.2, -0.15) is 0 Å². The topological polar surface area (TPSA) is 49.8 Å². The number of aliphatic hydroxyl groups excluding tert-OH is 1. The van der Waals surface area contributed by atoms with Crippen molar-refractivity contribution in [3.8, 4) is 0 Å². The van der Waals surface area contributed by atoms with Gasteiger partial charge in [0.15, 0.2) is 0 Å². The molecule has 0 aromatic heterocycles. The first-order valence-corrected chi connectivity index (χ1v) is 6.03. The van der Waals surface area contributed by atoms with E-state index in [1.807, 2.05) is 20.8 Å². The third kappa shape index (κ3) is 2.67. The Morgan fingerprint density at radius 1 is 1.31 bits per heavy atom. The lowest BCUT2D eigenvalue weighted by atomic mass is 9.91. The maximum Gasteiger partial charge on any atom is 0.410 e. The van der Waals surface area contributed by atoms with Crippen LogP contribution in [0.15, 0.2) is 0 Å². The normalized spacial score (nSPS) is 23.9. The van der Waals surface area contributed by atoms with Gasteiger partial charge in [-0.1, -0.05) is 0 Å². The predicted molar refractivity (Wildman–Crippen MR) is 60.0 cm³/mol. The molecule has 2 fully saturated rings. The van der Waals surface area contributed by atoms with Crippen molar-refractivity contribution in [3.63, 3.8) is 0 Å². The molecule has 1 aliphatic carbocycles. The molecule has 0 spiro atoms. The van der Waals surface area contributed by atoms with Crippen molar-refractivity contribution in [2.75, 3.05) is 13.1 Å². The molecule has 0 bridgehead atoms. The molecule has 4 heteroatoms. The van der Waals surface area contributed by atoms with Gasteiger partial charge >= 0.3 is 6.09 Å². The molecule has 0 radical (unpaired) electrons. The zero-order valence-corrected chi connectivity index (χ0v) is 10.3. The van der Waals surface area contributed by atoms with E-state index < -0.39 is 5.60 Å². The van der Waals surface area contributed by atoms with Gasteiger partial charge in [0.2, 0.25) is 0 Å². The number of hydrogen-bond donors (Lipinski definition) is 1. The lowest BCUT2D eigenvalue weighted by Crippen LogP contribution is -2.55. The van der Waals surface area contributed by atoms with Crippen molar-refractivity contribution in [1.29, 1.82) is 0 Å². The van der Waals surface area contributed by atoms with E-state index in [2.05, 4.69) is 0 Å². The first-order valence-electron chi connectivity index (χ1n) is 6.03. The number of carbonyl (C=O) groups excluding carboxylic acids is 1. The highest BCUT2D eigenvalue weighted by molar-refractivity contribution is 5.69. The average molecular weight is 227 g/mol. The number of nitrogens with zero attached hydrogens (tertiary/aromatic N) is 1. The second-order valence-electron chi connectivity index (χ2n) is 5.97. The van der Waals surface area contributed by atoms with Gasteiger partial charge in [0.05, 0.1) is 6.10 Å². The van der Waals surface area contributed by atoms with Gasteiger partial charge in [-0.3, -0.25) is 0 Å². The van der Waals surface area contributed by atoms with Crippen molar-refractivity contribution in [1.82, 2.24) is 4.90 Å². The summed E-state index contributed by atoms with van der Waals surface area (Å²) in [6.45, 7) is 6.88. The Balaban J connectivity index is 1.73. The smallest absolute Gasteiger partial charge is 0.410 e. The molecule has 0 aromatic carbocycles. The Kier molecular flexibility index (Phi) is 2.86. The number of rotatable bonds is 2. The largest absolute Gasteiger partial charge is 0.444 e. The summed E-state index contributed by atoms with van der Waals surface area (Å²) in [5, 5.41) is 9.86. The van der Waals surface area contributed by atoms with Gasteiger partial charge in [-0.05, 0) is 39.5 Å². The van der Waals surface area contributed by atoms with Gasteiger partial charge < -0.3 is 14.7 Å². The molecule has 1 N–H and O–H groups in total. The minimum Gasteiger partial charge on any atom is -0.444 e. The summed E-state index contributed by atoms with van der Waals surface area (Å²) in [6.07, 6.45) is 1.82. The van der Waals surface area contributed by atoms with Crippen molar-refractivity contribution >= 4 is 6.09 Å². The number of carbonyl (C=O) groups is 1. The summed E-state index contributed by atoms with van der Waals surface area (Å²) in [6, 6.07) is 0. The van der Waals surface area contributed by atoms with E-state index in [1.165, 1.54) is 0 Å². The van der Waals surface area contributed by atoms with Gasteiger partial charge in [0.1, 0.15) is 5.60 Å². The molecule has 2 rings (SSSR count). The van der Waals surface area contributed by atoms with E-state index in [0.29, 0.717) is 19.0 Å². The quantitative estimate of drug-likeness (QED) is 0.780. The van der Waals surface area contributed by atoms with Gasteiger partial charge in [0.25, 0.3) is 0 Å². The van der Waals surface area contributed by atoms with E-state index in [-0.39, 0.29) is 18.1 Å². The first kappa shape index (κ1) is 11.7. The maximum absolute atomic E-state index is 11.6. The fraction of sp³-hybridized carbons (Fsp3) is 0.917. The highest BCUT2D eigenvalue weighted by atomic mass is 16.6. The second-order valence-corrected chi connectivity index (χ2v) is 5.97. The SMILES string of the molecule is CC(C)(C)OC(=O)N1CC([C@H](O)C2CC2)C1. The molecule has 1 saturated carbocycles. The van der Waals surface area contributed by atoms with Crippen LogP contribution in [0.25, 0.3) is 0 Å². The number of ether oxygens (including phenoxy) is 1. The standard InChI is InChI=1S/C12H21NO3/c1-12(2,3)16-11(15)13-6-9(7-13)10(14)8-4-5-8/h8-10,14H,4-7H2,1-3H3/t10-/m1/s1. The molecule has 0 aromatic rings. The monoisotopic (exact) mass is 227 g/mol. The molecule has 1 heterocycles. The third-order valence-electron chi connectivity index (χ3n) is 3.15. The minimum atomic E-state index is -0.433. The van der Waals surface area contributed by atoms with Crippen molar-refractivity contribution < 1.29 is 14.6 Å². The molecular weight excluding hydrogens is 206 g/mol. The van der Waals surface area contributed by atoms with Crippen LogP contribution in [0.2, 0.25) is 0 Å². The number of aliphatic hydroxyl groups is 1. The molecule has 1 saturated heterocycles. The summed E-state index contributed by atoms with van der Waals surface area (Å²) in [7, 11) is 0. The second kappa shape index (κ2) is 3.91. The molecule has 1 aliphatic heterocycles. The van der Waals surface area contributed by atoms with Crippen LogP contribution in [0, 0.1) is 11.8 Å². The van der Waals surface area contributed by atoms with Crippen LogP contribution in [0.4, 0.5) is 4.79 Å². The number of amides is 1. The molecule has 1 atom stereocenters. The molecule has 2 aliphatic rings. The fourth-order valence-electron chi connectivity index (χ4n) is 2.03. The third-order valence-corrected chi connectivity index (χ3v) is 3.15. The van der Waals surface area contributed by atoms with Crippen LogP contribution in [0.5, 0.6) is 0 Å². The Labute approximate surface area is 96.6 Å². The van der Waals surface area contributed by atoms with E-state index >= 15 is 0 Å². The summed E-state index contributed by atoms with van der Waals surface area (Å²) in [4.78, 5) is 13.3. The van der Waals surface area contributed by atoms with E-state index in [9.17, 15) is 9.90 Å². The van der Waals surface area contributed by atoms with Crippen LogP contribution in [0.1, 0.15) is 33.6 Å². The average Bonchev–Trinajstić information content (AvgIpc) is 2.77. The molecule has 16 heavy (non-hydrogen) atoms. The van der Waals surface area contributed by atoms with E-state index in [4.69, 9.17) is 4.74 Å². The molecule has 0 unspecified atom stereocenters. The highest BCUT2D eigenvalue weighted by Gasteiger charge is 2.43. The Hall–Kier alpha value is -0.770. The van der Waals surface area contributed by atoms with Crippen LogP contribution < -0.4 is 0 Å². The Morgan fingerprint density at radius 3 is 2.31 bits per heavy atom. The van der Waals surface area contributed by atoms with Crippen LogP contribution >= 0.6 is 0 Å². The highest BCUT2D eigenvalue weighted by Crippen LogP contribution is 2.38. The minimum absolute atomic E-state index is 0.210. The molecule has 4 nitrogen and oxygen atoms in total. The summed E-state index contributed by atoms with van der Waals surface area (Å²) in [5.74, 6) is 0.755. The fourth-order valence-corrected chi connectivity index (χ4v) is 2.03. The van der Waals surface area contributed by atoms with Gasteiger partial charge in [-0.25, -0.2) is 4.79 Å². The predicted octanol–water partition coefficient (Wildman–Crippen LogP) is 1.62. The molecule has 92 valence electrons. The van der Waals surface area contributed by atoms with E-state index in [0.717, 1.165) is 12.8 Å². The van der Waals surface area contributed by atoms with Crippen molar-refractivity contribution in [2.45, 2.75) is 45.3 Å².